The second-order valence-electron chi connectivity index (χ2n) is 5.73. The highest BCUT2D eigenvalue weighted by molar-refractivity contribution is 5.92. The Kier molecular flexibility index (Phi) is 4.82. The van der Waals surface area contributed by atoms with Gasteiger partial charge in [-0.25, -0.2) is 15.0 Å². The molecule has 1 N–H and O–H groups in total. The van der Waals surface area contributed by atoms with E-state index in [9.17, 15) is 18.0 Å². The number of nitrogens with zero attached hydrogens (tertiary/aromatic N) is 4. The predicted octanol–water partition coefficient (Wildman–Crippen LogP) is 2.29. The summed E-state index contributed by atoms with van der Waals surface area (Å²) in [7, 11) is 0. The molecule has 0 bridgehead atoms. The molecule has 0 saturated carbocycles. The molecule has 9 heteroatoms. The lowest BCUT2D eigenvalue weighted by atomic mass is 10.0. The molecule has 1 amide bonds. The van der Waals surface area contributed by atoms with Crippen LogP contribution < -0.4 is 10.2 Å². The molecule has 0 aliphatic carbocycles. The maximum absolute atomic E-state index is 12.8. The molecule has 25 heavy (non-hydrogen) atoms. The largest absolute Gasteiger partial charge is 0.416 e. The quantitative estimate of drug-likeness (QED) is 0.919. The van der Waals surface area contributed by atoms with Gasteiger partial charge in [-0.1, -0.05) is 0 Å². The van der Waals surface area contributed by atoms with Gasteiger partial charge in [-0.3, -0.25) is 4.79 Å². The number of rotatable bonds is 3. The maximum Gasteiger partial charge on any atom is 0.416 e. The van der Waals surface area contributed by atoms with Crippen LogP contribution in [0.25, 0.3) is 0 Å². The van der Waals surface area contributed by atoms with E-state index in [2.05, 4.69) is 20.3 Å². The van der Waals surface area contributed by atoms with E-state index in [1.54, 1.807) is 4.90 Å². The Labute approximate surface area is 142 Å². The first kappa shape index (κ1) is 17.1. The molecular weight excluding hydrogens is 335 g/mol. The summed E-state index contributed by atoms with van der Waals surface area (Å²) in [5.74, 6) is 0.0217. The second kappa shape index (κ2) is 7.04. The number of carbonyl (C=O) groups is 1. The summed E-state index contributed by atoms with van der Waals surface area (Å²) >= 11 is 0. The fourth-order valence-electron chi connectivity index (χ4n) is 2.70. The van der Waals surface area contributed by atoms with Crippen molar-refractivity contribution in [1.82, 2.24) is 20.3 Å². The highest BCUT2D eigenvalue weighted by Crippen LogP contribution is 2.31. The minimum Gasteiger partial charge on any atom is -0.356 e. The molecule has 1 aliphatic rings. The summed E-state index contributed by atoms with van der Waals surface area (Å²) in [6.07, 6.45) is 0.812. The number of piperidine rings is 1. The predicted molar refractivity (Wildman–Crippen MR) is 84.0 cm³/mol. The molecule has 2 aromatic rings. The van der Waals surface area contributed by atoms with Crippen molar-refractivity contribution in [3.05, 3.63) is 48.2 Å². The molecule has 132 valence electrons. The monoisotopic (exact) mass is 351 g/mol. The fourth-order valence-corrected chi connectivity index (χ4v) is 2.70. The molecule has 2 aromatic heterocycles. The molecule has 0 radical (unpaired) electrons. The number of aromatic nitrogens is 3. The summed E-state index contributed by atoms with van der Waals surface area (Å²) < 4.78 is 38.4. The summed E-state index contributed by atoms with van der Waals surface area (Å²) in [5.41, 5.74) is -0.423. The Hall–Kier alpha value is -2.71. The molecule has 0 spiro atoms. The molecule has 0 atom stereocenters. The molecule has 0 aromatic carbocycles. The molecule has 0 unspecified atom stereocenters. The highest BCUT2D eigenvalue weighted by atomic mass is 19.4. The summed E-state index contributed by atoms with van der Waals surface area (Å²) in [6, 6.07) is 3.49. The van der Waals surface area contributed by atoms with Crippen LogP contribution in [0.5, 0.6) is 0 Å². The van der Waals surface area contributed by atoms with Gasteiger partial charge in [-0.2, -0.15) is 13.2 Å². The molecular formula is C16H16F3N5O. The van der Waals surface area contributed by atoms with Crippen LogP contribution in [-0.4, -0.2) is 40.0 Å². The molecule has 6 nitrogen and oxygen atoms in total. The normalized spacial score (nSPS) is 15.9. The smallest absolute Gasteiger partial charge is 0.356 e. The van der Waals surface area contributed by atoms with Crippen molar-refractivity contribution >= 4 is 11.7 Å². The number of alkyl halides is 3. The van der Waals surface area contributed by atoms with E-state index in [-0.39, 0.29) is 17.6 Å². The summed E-state index contributed by atoms with van der Waals surface area (Å²) in [4.78, 5) is 25.5. The van der Waals surface area contributed by atoms with Gasteiger partial charge in [0.1, 0.15) is 17.8 Å². The van der Waals surface area contributed by atoms with Crippen molar-refractivity contribution in [3.63, 3.8) is 0 Å². The van der Waals surface area contributed by atoms with Crippen molar-refractivity contribution < 1.29 is 18.0 Å². The number of hydrogen-bond acceptors (Lipinski definition) is 5. The van der Waals surface area contributed by atoms with Gasteiger partial charge in [0.05, 0.1) is 5.56 Å². The van der Waals surface area contributed by atoms with Crippen molar-refractivity contribution in [3.8, 4) is 0 Å². The minimum atomic E-state index is -4.39. The number of carbonyl (C=O) groups excluding carboxylic acids is 1. The third-order valence-electron chi connectivity index (χ3n) is 4.04. The number of hydrogen-bond donors (Lipinski definition) is 1. The Morgan fingerprint density at radius 3 is 2.56 bits per heavy atom. The Bertz CT molecular complexity index is 730. The van der Waals surface area contributed by atoms with Crippen molar-refractivity contribution in [2.75, 3.05) is 18.0 Å². The molecule has 3 rings (SSSR count). The first-order chi connectivity index (χ1) is 11.9. The lowest BCUT2D eigenvalue weighted by Crippen LogP contribution is -2.45. The number of nitrogens with one attached hydrogen (secondary N) is 1. The van der Waals surface area contributed by atoms with Gasteiger partial charge in [0.2, 0.25) is 0 Å². The van der Waals surface area contributed by atoms with Gasteiger partial charge in [-0.05, 0) is 31.0 Å². The van der Waals surface area contributed by atoms with E-state index in [1.165, 1.54) is 24.8 Å². The van der Waals surface area contributed by atoms with Crippen molar-refractivity contribution in [2.24, 2.45) is 0 Å². The van der Waals surface area contributed by atoms with Crippen LogP contribution in [0.2, 0.25) is 0 Å². The van der Waals surface area contributed by atoms with E-state index < -0.39 is 11.7 Å². The van der Waals surface area contributed by atoms with Crippen molar-refractivity contribution in [1.29, 1.82) is 0 Å². The lowest BCUT2D eigenvalue weighted by molar-refractivity contribution is -0.137. The van der Waals surface area contributed by atoms with Crippen LogP contribution in [0, 0.1) is 0 Å². The first-order valence-corrected chi connectivity index (χ1v) is 7.78. The third-order valence-corrected chi connectivity index (χ3v) is 4.04. The lowest BCUT2D eigenvalue weighted by Gasteiger charge is -2.33. The van der Waals surface area contributed by atoms with E-state index in [4.69, 9.17) is 0 Å². The zero-order valence-electron chi connectivity index (χ0n) is 13.2. The highest BCUT2D eigenvalue weighted by Gasteiger charge is 2.31. The third kappa shape index (κ3) is 4.23. The van der Waals surface area contributed by atoms with E-state index in [0.717, 1.165) is 12.1 Å². The van der Waals surface area contributed by atoms with Gasteiger partial charge >= 0.3 is 6.18 Å². The average molecular weight is 351 g/mol. The van der Waals surface area contributed by atoms with Gasteiger partial charge in [0, 0.05) is 31.5 Å². The Morgan fingerprint density at radius 2 is 1.92 bits per heavy atom. The second-order valence-corrected chi connectivity index (χ2v) is 5.73. The van der Waals surface area contributed by atoms with Crippen LogP contribution in [0.1, 0.15) is 28.9 Å². The van der Waals surface area contributed by atoms with Crippen LogP contribution >= 0.6 is 0 Å². The topological polar surface area (TPSA) is 71.0 Å². The first-order valence-electron chi connectivity index (χ1n) is 7.78. The summed E-state index contributed by atoms with van der Waals surface area (Å²) in [6.45, 7) is 1.03. The van der Waals surface area contributed by atoms with E-state index in [1.807, 2.05) is 0 Å². The van der Waals surface area contributed by atoms with Gasteiger partial charge in [0.15, 0.2) is 0 Å². The van der Waals surface area contributed by atoms with Crippen LogP contribution in [0.3, 0.4) is 0 Å². The number of anilines is 1. The van der Waals surface area contributed by atoms with Crippen LogP contribution in [-0.2, 0) is 6.18 Å². The standard InChI is InChI=1S/C16H16F3N5O/c17-16(18,19)11-1-6-21-14(9-11)24-7-3-12(4-8-24)23-15(25)13-2-5-20-10-22-13/h1-2,5-6,9-10,12H,3-4,7-8H2,(H,23,25). The average Bonchev–Trinajstić information content (AvgIpc) is 2.62. The zero-order valence-corrected chi connectivity index (χ0v) is 13.2. The SMILES string of the molecule is O=C(NC1CCN(c2cc(C(F)(F)F)ccn2)CC1)c1ccncn1. The molecule has 1 saturated heterocycles. The van der Waals surface area contributed by atoms with Crippen molar-refractivity contribution in [2.45, 2.75) is 25.1 Å². The molecule has 1 fully saturated rings. The fraction of sp³-hybridized carbons (Fsp3) is 0.375. The van der Waals surface area contributed by atoms with E-state index >= 15 is 0 Å². The Morgan fingerprint density at radius 1 is 1.16 bits per heavy atom. The van der Waals surface area contributed by atoms with Gasteiger partial charge in [-0.15, -0.1) is 0 Å². The van der Waals surface area contributed by atoms with Gasteiger partial charge < -0.3 is 10.2 Å². The van der Waals surface area contributed by atoms with E-state index in [0.29, 0.717) is 31.7 Å². The zero-order chi connectivity index (χ0) is 17.9. The summed E-state index contributed by atoms with van der Waals surface area (Å²) in [5, 5.41) is 2.89. The molecule has 1 aliphatic heterocycles. The minimum absolute atomic E-state index is 0.0514. The van der Waals surface area contributed by atoms with Gasteiger partial charge in [0.25, 0.3) is 5.91 Å². The maximum atomic E-state index is 12.8. The Balaban J connectivity index is 1.58. The van der Waals surface area contributed by atoms with Crippen LogP contribution in [0.4, 0.5) is 19.0 Å². The number of amides is 1. The molecule has 3 heterocycles. The number of halogens is 3. The van der Waals surface area contributed by atoms with Crippen LogP contribution in [0.15, 0.2) is 36.9 Å². The number of pyridine rings is 1.